The Labute approximate surface area is 114 Å². The maximum atomic E-state index is 11.8. The van der Waals surface area contributed by atoms with Crippen LogP contribution in [-0.4, -0.2) is 37.1 Å². The first-order valence-electron chi connectivity index (χ1n) is 5.99. The number of nitrogens with zero attached hydrogens (tertiary/aromatic N) is 1. The number of hydrogen-bond acceptors (Lipinski definition) is 5. The summed E-state index contributed by atoms with van der Waals surface area (Å²) < 4.78 is 6.59. The fourth-order valence-corrected chi connectivity index (χ4v) is 2.34. The smallest absolute Gasteiger partial charge is 0.330 e. The molecule has 1 aliphatic heterocycles. The Bertz CT molecular complexity index is 682. The molecule has 0 aliphatic carbocycles. The molecule has 1 saturated heterocycles. The summed E-state index contributed by atoms with van der Waals surface area (Å²) in [5, 5.41) is 20.8. The van der Waals surface area contributed by atoms with E-state index in [1.54, 1.807) is 13.8 Å². The molecular weight excluding hydrogens is 264 g/mol. The molecule has 3 atom stereocenters. The highest BCUT2D eigenvalue weighted by atomic mass is 16.6. The van der Waals surface area contributed by atoms with Gasteiger partial charge in [0.2, 0.25) is 0 Å². The minimum absolute atomic E-state index is 0.563. The number of nitrogens with one attached hydrogen (secondary N) is 1. The second kappa shape index (κ2) is 4.57. The van der Waals surface area contributed by atoms with E-state index in [1.165, 1.54) is 6.20 Å². The average molecular weight is 280 g/mol. The molecule has 0 bridgehead atoms. The highest BCUT2D eigenvalue weighted by Gasteiger charge is 2.59. The lowest BCUT2D eigenvalue weighted by Crippen LogP contribution is -2.49. The van der Waals surface area contributed by atoms with Gasteiger partial charge in [0.05, 0.1) is 5.60 Å². The fourth-order valence-electron chi connectivity index (χ4n) is 2.34. The Morgan fingerprint density at radius 3 is 2.75 bits per heavy atom. The van der Waals surface area contributed by atoms with Crippen LogP contribution in [0.15, 0.2) is 40.2 Å². The van der Waals surface area contributed by atoms with E-state index in [4.69, 9.17) is 4.74 Å². The highest BCUT2D eigenvalue weighted by Crippen LogP contribution is 2.44. The third kappa shape index (κ3) is 2.07. The zero-order valence-electron chi connectivity index (χ0n) is 11.2. The topological polar surface area (TPSA) is 105 Å². The second-order valence-electron chi connectivity index (χ2n) is 5.23. The SMILES string of the molecule is C=C=C[C@@]1(O)[C@H](O)C(C)(C)O[C@H]1n1ccc(=O)[nH]c1=O. The predicted molar refractivity (Wildman–Crippen MR) is 70.2 cm³/mol. The van der Waals surface area contributed by atoms with Crippen LogP contribution in [0, 0.1) is 0 Å². The number of rotatable bonds is 2. The first-order chi connectivity index (χ1) is 9.22. The highest BCUT2D eigenvalue weighted by molar-refractivity contribution is 5.16. The molecule has 0 amide bonds. The molecule has 1 aromatic rings. The average Bonchev–Trinajstić information content (AvgIpc) is 2.51. The number of ether oxygens (including phenoxy) is 1. The monoisotopic (exact) mass is 280 g/mol. The molecule has 2 heterocycles. The van der Waals surface area contributed by atoms with Gasteiger partial charge in [-0.05, 0) is 19.9 Å². The molecular formula is C13H16N2O5. The van der Waals surface area contributed by atoms with Gasteiger partial charge in [-0.1, -0.05) is 6.58 Å². The number of aromatic amines is 1. The van der Waals surface area contributed by atoms with Crippen molar-refractivity contribution in [2.45, 2.75) is 37.4 Å². The van der Waals surface area contributed by atoms with Crippen LogP contribution in [0.5, 0.6) is 0 Å². The molecule has 1 fully saturated rings. The molecule has 3 N–H and O–H groups in total. The molecule has 2 rings (SSSR count). The van der Waals surface area contributed by atoms with E-state index < -0.39 is 34.8 Å². The Kier molecular flexibility index (Phi) is 3.31. The van der Waals surface area contributed by atoms with Crippen molar-refractivity contribution < 1.29 is 14.9 Å². The van der Waals surface area contributed by atoms with Crippen molar-refractivity contribution in [3.8, 4) is 0 Å². The van der Waals surface area contributed by atoms with Crippen molar-refractivity contribution in [1.29, 1.82) is 0 Å². The van der Waals surface area contributed by atoms with E-state index in [1.807, 2.05) is 0 Å². The van der Waals surface area contributed by atoms with Gasteiger partial charge in [-0.25, -0.2) is 4.79 Å². The van der Waals surface area contributed by atoms with Crippen LogP contribution in [0.3, 0.4) is 0 Å². The first kappa shape index (κ1) is 14.5. The second-order valence-corrected chi connectivity index (χ2v) is 5.23. The zero-order chi connectivity index (χ0) is 15.1. The number of aliphatic hydroxyl groups is 2. The largest absolute Gasteiger partial charge is 0.387 e. The Morgan fingerprint density at radius 1 is 1.55 bits per heavy atom. The summed E-state index contributed by atoms with van der Waals surface area (Å²) in [4.78, 5) is 25.0. The van der Waals surface area contributed by atoms with E-state index in [0.29, 0.717) is 0 Å². The van der Waals surface area contributed by atoms with Crippen LogP contribution < -0.4 is 11.2 Å². The normalized spacial score (nSPS) is 31.8. The Balaban J connectivity index is 2.62. The number of aromatic nitrogens is 2. The van der Waals surface area contributed by atoms with E-state index >= 15 is 0 Å². The van der Waals surface area contributed by atoms with Crippen molar-refractivity contribution in [2.75, 3.05) is 0 Å². The number of H-pyrrole nitrogens is 1. The molecule has 7 heteroatoms. The van der Waals surface area contributed by atoms with Gasteiger partial charge in [-0.2, -0.15) is 0 Å². The molecule has 0 aromatic carbocycles. The summed E-state index contributed by atoms with van der Waals surface area (Å²) >= 11 is 0. The van der Waals surface area contributed by atoms with Crippen molar-refractivity contribution >= 4 is 0 Å². The lowest BCUT2D eigenvalue weighted by molar-refractivity contribution is -0.0935. The van der Waals surface area contributed by atoms with Gasteiger partial charge in [0, 0.05) is 12.3 Å². The molecule has 0 saturated carbocycles. The zero-order valence-corrected chi connectivity index (χ0v) is 11.2. The molecule has 1 aromatic heterocycles. The molecule has 0 radical (unpaired) electrons. The van der Waals surface area contributed by atoms with Gasteiger partial charge < -0.3 is 14.9 Å². The van der Waals surface area contributed by atoms with E-state index in [9.17, 15) is 19.8 Å². The molecule has 108 valence electrons. The summed E-state index contributed by atoms with van der Waals surface area (Å²) in [5.41, 5.74) is -1.89. The fraction of sp³-hybridized carbons (Fsp3) is 0.462. The molecule has 7 nitrogen and oxygen atoms in total. The minimum Gasteiger partial charge on any atom is -0.387 e. The van der Waals surface area contributed by atoms with E-state index in [-0.39, 0.29) is 0 Å². The van der Waals surface area contributed by atoms with Gasteiger partial charge in [0.1, 0.15) is 6.10 Å². The molecule has 0 unspecified atom stereocenters. The summed E-state index contributed by atoms with van der Waals surface area (Å²) in [6.07, 6.45) is -0.157. The lowest BCUT2D eigenvalue weighted by atomic mass is 9.88. The van der Waals surface area contributed by atoms with Gasteiger partial charge in [0.25, 0.3) is 5.56 Å². The van der Waals surface area contributed by atoms with Crippen molar-refractivity contribution in [3.63, 3.8) is 0 Å². The van der Waals surface area contributed by atoms with Crippen LogP contribution in [0.4, 0.5) is 0 Å². The van der Waals surface area contributed by atoms with Gasteiger partial charge >= 0.3 is 5.69 Å². The van der Waals surface area contributed by atoms with Crippen molar-refractivity contribution in [1.82, 2.24) is 9.55 Å². The molecule has 1 aliphatic rings. The van der Waals surface area contributed by atoms with Crippen molar-refractivity contribution in [3.05, 3.63) is 51.5 Å². The minimum atomic E-state index is -1.88. The maximum absolute atomic E-state index is 11.8. The van der Waals surface area contributed by atoms with Crippen LogP contribution in [0.2, 0.25) is 0 Å². The molecule has 20 heavy (non-hydrogen) atoms. The van der Waals surface area contributed by atoms with Crippen LogP contribution in [0.1, 0.15) is 20.1 Å². The molecule has 0 spiro atoms. The third-order valence-corrected chi connectivity index (χ3v) is 3.34. The summed E-state index contributed by atoms with van der Waals surface area (Å²) in [5.74, 6) is 0. The summed E-state index contributed by atoms with van der Waals surface area (Å²) in [7, 11) is 0. The number of aliphatic hydroxyl groups excluding tert-OH is 1. The van der Waals surface area contributed by atoms with E-state index in [2.05, 4.69) is 17.3 Å². The van der Waals surface area contributed by atoms with Gasteiger partial charge in [-0.15, -0.1) is 5.73 Å². The Hall–Kier alpha value is -1.92. The van der Waals surface area contributed by atoms with Gasteiger partial charge in [-0.3, -0.25) is 14.3 Å². The standard InChI is InChI=1S/C13H16N2O5/c1-4-6-13(19)9(17)12(2,3)20-10(13)15-7-5-8(16)14-11(15)18/h5-7,9-10,17,19H,1H2,2-3H3,(H,14,16,18)/t9-,10-,13-/m1/s1. The van der Waals surface area contributed by atoms with Crippen molar-refractivity contribution in [2.24, 2.45) is 0 Å². The van der Waals surface area contributed by atoms with E-state index in [0.717, 1.165) is 16.7 Å². The summed E-state index contributed by atoms with van der Waals surface area (Å²) in [6, 6.07) is 1.13. The van der Waals surface area contributed by atoms with Gasteiger partial charge in [0.15, 0.2) is 11.8 Å². The predicted octanol–water partition coefficient (Wildman–Crippen LogP) is -0.723. The van der Waals surface area contributed by atoms with Crippen LogP contribution in [-0.2, 0) is 4.74 Å². The lowest BCUT2D eigenvalue weighted by Gasteiger charge is -2.28. The van der Waals surface area contributed by atoms with Crippen LogP contribution >= 0.6 is 0 Å². The third-order valence-electron chi connectivity index (χ3n) is 3.34. The maximum Gasteiger partial charge on any atom is 0.330 e. The Morgan fingerprint density at radius 2 is 2.20 bits per heavy atom. The number of hydrogen-bond donors (Lipinski definition) is 3. The summed E-state index contributed by atoms with van der Waals surface area (Å²) in [6.45, 7) is 6.52. The van der Waals surface area contributed by atoms with Crippen LogP contribution in [0.25, 0.3) is 0 Å². The first-order valence-corrected chi connectivity index (χ1v) is 5.99. The quantitative estimate of drug-likeness (QED) is 0.620.